The summed E-state index contributed by atoms with van der Waals surface area (Å²) in [6.07, 6.45) is 1.37. The van der Waals surface area contributed by atoms with Crippen molar-refractivity contribution in [2.24, 2.45) is 0 Å². The predicted octanol–water partition coefficient (Wildman–Crippen LogP) is 3.41. The lowest BCUT2D eigenvalue weighted by Gasteiger charge is -2.22. The zero-order valence-electron chi connectivity index (χ0n) is 10.5. The normalized spacial score (nSPS) is 19.1. The fourth-order valence-electron chi connectivity index (χ4n) is 2.30. The number of rotatable bonds is 2. The van der Waals surface area contributed by atoms with Crippen molar-refractivity contribution >= 4 is 11.4 Å². The van der Waals surface area contributed by atoms with Gasteiger partial charge in [0.25, 0.3) is 0 Å². The molecule has 1 aliphatic heterocycles. The van der Waals surface area contributed by atoms with E-state index in [0.29, 0.717) is 6.61 Å². The molecule has 0 bridgehead atoms. The van der Waals surface area contributed by atoms with Gasteiger partial charge in [0.15, 0.2) is 5.78 Å². The second kappa shape index (κ2) is 5.21. The van der Waals surface area contributed by atoms with Crippen molar-refractivity contribution in [1.82, 2.24) is 0 Å². The molecule has 0 aromatic heterocycles. The standard InChI is InChI=1S/C17H14O2/c18-16-15(13-7-3-1-4-8-13)11-12-19-17(16)14-9-5-2-6-10-14/h1-11,17H,12H2. The highest BCUT2D eigenvalue weighted by Gasteiger charge is 2.28. The molecule has 0 spiro atoms. The average Bonchev–Trinajstić information content (AvgIpc) is 2.49. The summed E-state index contributed by atoms with van der Waals surface area (Å²) in [5, 5.41) is 0. The van der Waals surface area contributed by atoms with Gasteiger partial charge in [-0.2, -0.15) is 0 Å². The minimum atomic E-state index is -0.485. The average molecular weight is 250 g/mol. The van der Waals surface area contributed by atoms with Crippen molar-refractivity contribution < 1.29 is 9.53 Å². The number of hydrogen-bond acceptors (Lipinski definition) is 2. The van der Waals surface area contributed by atoms with Gasteiger partial charge in [0, 0.05) is 5.57 Å². The molecule has 0 aliphatic carbocycles. The minimum absolute atomic E-state index is 0.0312. The van der Waals surface area contributed by atoms with Crippen LogP contribution < -0.4 is 0 Å². The summed E-state index contributed by atoms with van der Waals surface area (Å²) in [7, 11) is 0. The molecule has 1 unspecified atom stereocenters. The maximum absolute atomic E-state index is 12.5. The van der Waals surface area contributed by atoms with Crippen molar-refractivity contribution in [3.05, 3.63) is 77.9 Å². The van der Waals surface area contributed by atoms with E-state index < -0.39 is 6.10 Å². The van der Waals surface area contributed by atoms with Gasteiger partial charge in [0.05, 0.1) is 6.61 Å². The van der Waals surface area contributed by atoms with Crippen molar-refractivity contribution in [3.8, 4) is 0 Å². The second-order valence-electron chi connectivity index (χ2n) is 4.47. The summed E-state index contributed by atoms with van der Waals surface area (Å²) >= 11 is 0. The van der Waals surface area contributed by atoms with E-state index in [1.54, 1.807) is 0 Å². The molecule has 0 fully saturated rings. The summed E-state index contributed by atoms with van der Waals surface area (Å²) < 4.78 is 5.60. The van der Waals surface area contributed by atoms with Crippen molar-refractivity contribution in [2.75, 3.05) is 6.61 Å². The molecule has 1 heterocycles. The topological polar surface area (TPSA) is 26.3 Å². The Morgan fingerprint density at radius 2 is 1.53 bits per heavy atom. The molecular formula is C17H14O2. The van der Waals surface area contributed by atoms with Crippen LogP contribution in [-0.2, 0) is 9.53 Å². The molecule has 2 heteroatoms. The van der Waals surface area contributed by atoms with Crippen LogP contribution >= 0.6 is 0 Å². The van der Waals surface area contributed by atoms with Gasteiger partial charge in [0.2, 0.25) is 0 Å². The molecule has 0 N–H and O–H groups in total. The van der Waals surface area contributed by atoms with Crippen LogP contribution in [-0.4, -0.2) is 12.4 Å². The van der Waals surface area contributed by atoms with Gasteiger partial charge >= 0.3 is 0 Å². The number of carbonyl (C=O) groups is 1. The van der Waals surface area contributed by atoms with E-state index in [9.17, 15) is 4.79 Å². The molecule has 0 radical (unpaired) electrons. The Morgan fingerprint density at radius 1 is 0.895 bits per heavy atom. The molecule has 0 saturated carbocycles. The third-order valence-corrected chi connectivity index (χ3v) is 3.24. The molecule has 2 aromatic rings. The van der Waals surface area contributed by atoms with Crippen LogP contribution in [0.15, 0.2) is 66.7 Å². The summed E-state index contributed by atoms with van der Waals surface area (Å²) in [6, 6.07) is 19.4. The summed E-state index contributed by atoms with van der Waals surface area (Å²) in [5.41, 5.74) is 2.62. The molecule has 2 nitrogen and oxygen atoms in total. The molecule has 0 amide bonds. The SMILES string of the molecule is O=C1C(c2ccccc2)=CCOC1c1ccccc1. The fraction of sp³-hybridized carbons (Fsp3) is 0.118. The van der Waals surface area contributed by atoms with Crippen LogP contribution in [0.5, 0.6) is 0 Å². The summed E-state index contributed by atoms with van der Waals surface area (Å²) in [6.45, 7) is 0.468. The zero-order chi connectivity index (χ0) is 13.1. The molecule has 94 valence electrons. The van der Waals surface area contributed by atoms with E-state index in [0.717, 1.165) is 16.7 Å². The Kier molecular flexibility index (Phi) is 3.25. The Balaban J connectivity index is 1.94. The highest BCUT2D eigenvalue weighted by atomic mass is 16.5. The van der Waals surface area contributed by atoms with Crippen molar-refractivity contribution in [1.29, 1.82) is 0 Å². The Labute approximate surface area is 112 Å². The number of Topliss-reactive ketones (excluding diaryl/α,β-unsaturated/α-hetero) is 1. The first-order valence-electron chi connectivity index (χ1n) is 6.32. The third-order valence-electron chi connectivity index (χ3n) is 3.24. The van der Waals surface area contributed by atoms with Gasteiger partial charge in [-0.15, -0.1) is 0 Å². The second-order valence-corrected chi connectivity index (χ2v) is 4.47. The molecular weight excluding hydrogens is 236 g/mol. The van der Waals surface area contributed by atoms with Gasteiger partial charge in [-0.05, 0) is 17.2 Å². The largest absolute Gasteiger partial charge is 0.361 e. The summed E-state index contributed by atoms with van der Waals surface area (Å²) in [5.74, 6) is 0.0312. The van der Waals surface area contributed by atoms with E-state index in [4.69, 9.17) is 4.74 Å². The first-order valence-corrected chi connectivity index (χ1v) is 6.32. The quantitative estimate of drug-likeness (QED) is 0.816. The van der Waals surface area contributed by atoms with E-state index >= 15 is 0 Å². The van der Waals surface area contributed by atoms with Crippen LogP contribution in [0.4, 0.5) is 0 Å². The molecule has 3 rings (SSSR count). The maximum atomic E-state index is 12.5. The van der Waals surface area contributed by atoms with Crippen LogP contribution in [0, 0.1) is 0 Å². The fourth-order valence-corrected chi connectivity index (χ4v) is 2.30. The number of benzene rings is 2. The smallest absolute Gasteiger partial charge is 0.196 e. The zero-order valence-corrected chi connectivity index (χ0v) is 10.5. The van der Waals surface area contributed by atoms with Crippen molar-refractivity contribution in [3.63, 3.8) is 0 Å². The van der Waals surface area contributed by atoms with Gasteiger partial charge in [-0.1, -0.05) is 60.7 Å². The lowest BCUT2D eigenvalue weighted by molar-refractivity contribution is -0.125. The monoisotopic (exact) mass is 250 g/mol. The third kappa shape index (κ3) is 2.35. The van der Waals surface area contributed by atoms with Crippen LogP contribution in [0.3, 0.4) is 0 Å². The van der Waals surface area contributed by atoms with Crippen LogP contribution in [0.25, 0.3) is 5.57 Å². The molecule has 19 heavy (non-hydrogen) atoms. The van der Waals surface area contributed by atoms with E-state index in [-0.39, 0.29) is 5.78 Å². The minimum Gasteiger partial charge on any atom is -0.361 e. The van der Waals surface area contributed by atoms with Gasteiger partial charge in [0.1, 0.15) is 6.10 Å². The molecule has 1 atom stereocenters. The Morgan fingerprint density at radius 3 is 2.21 bits per heavy atom. The van der Waals surface area contributed by atoms with E-state index in [1.165, 1.54) is 0 Å². The lowest BCUT2D eigenvalue weighted by Crippen LogP contribution is -2.22. The lowest BCUT2D eigenvalue weighted by atomic mass is 9.93. The first kappa shape index (κ1) is 11.9. The van der Waals surface area contributed by atoms with Gasteiger partial charge in [-0.25, -0.2) is 0 Å². The number of ketones is 1. The highest BCUT2D eigenvalue weighted by molar-refractivity contribution is 6.23. The maximum Gasteiger partial charge on any atom is 0.196 e. The van der Waals surface area contributed by atoms with E-state index in [1.807, 2.05) is 66.7 Å². The van der Waals surface area contributed by atoms with Crippen LogP contribution in [0.1, 0.15) is 17.2 Å². The summed E-state index contributed by atoms with van der Waals surface area (Å²) in [4.78, 5) is 12.5. The number of hydrogen-bond donors (Lipinski definition) is 0. The molecule has 0 saturated heterocycles. The van der Waals surface area contributed by atoms with Gasteiger partial charge < -0.3 is 4.74 Å². The Hall–Kier alpha value is -2.19. The molecule has 2 aromatic carbocycles. The highest BCUT2D eigenvalue weighted by Crippen LogP contribution is 2.30. The number of carbonyl (C=O) groups excluding carboxylic acids is 1. The first-order chi connectivity index (χ1) is 9.36. The Bertz CT molecular complexity index is 600. The van der Waals surface area contributed by atoms with Gasteiger partial charge in [-0.3, -0.25) is 4.79 Å². The predicted molar refractivity (Wildman–Crippen MR) is 74.6 cm³/mol. The van der Waals surface area contributed by atoms with Crippen molar-refractivity contribution in [2.45, 2.75) is 6.10 Å². The van der Waals surface area contributed by atoms with E-state index in [2.05, 4.69) is 0 Å². The number of ether oxygens (including phenoxy) is 1. The van der Waals surface area contributed by atoms with Crippen LogP contribution in [0.2, 0.25) is 0 Å². The molecule has 1 aliphatic rings.